The quantitative estimate of drug-likeness (QED) is 0.285. The monoisotopic (exact) mass is 434 g/mol. The first-order valence-corrected chi connectivity index (χ1v) is 11.8. The molecule has 0 aliphatic heterocycles. The van der Waals surface area contributed by atoms with Crippen LogP contribution in [-0.4, -0.2) is 18.0 Å². The van der Waals surface area contributed by atoms with Gasteiger partial charge in [-0.05, 0) is 66.8 Å². The Balaban J connectivity index is 1.67. The van der Waals surface area contributed by atoms with Crippen molar-refractivity contribution < 1.29 is 18.4 Å². The average molecular weight is 435 g/mol. The van der Waals surface area contributed by atoms with Gasteiger partial charge < -0.3 is 5.32 Å². The molecule has 0 saturated carbocycles. The van der Waals surface area contributed by atoms with Crippen molar-refractivity contribution in [3.8, 4) is 0 Å². The molecule has 0 aliphatic rings. The maximum Gasteiger partial charge on any atom is 0.694 e. The topological polar surface area (TPSA) is 58.6 Å². The van der Waals surface area contributed by atoms with E-state index >= 15 is 0 Å². The number of rotatable bonds is 14. The Morgan fingerprint density at radius 1 is 1.07 bits per heavy atom. The van der Waals surface area contributed by atoms with E-state index in [1.54, 1.807) is 6.07 Å². The fraction of sp³-hybridized carbons (Fsp3) is 0.500. The lowest BCUT2D eigenvalue weighted by atomic mass is 9.81. The first-order chi connectivity index (χ1) is 14.4. The van der Waals surface area contributed by atoms with Crippen LogP contribution >= 0.6 is 8.25 Å². The number of benzene rings is 2. The Bertz CT molecular complexity index is 783. The van der Waals surface area contributed by atoms with Gasteiger partial charge in [0, 0.05) is 11.1 Å². The molecule has 0 radical (unpaired) electrons. The number of halogens is 1. The highest BCUT2D eigenvalue weighted by Gasteiger charge is 2.18. The van der Waals surface area contributed by atoms with Crippen LogP contribution in [-0.2, 0) is 28.5 Å². The molecule has 2 N–H and O–H groups in total. The molecule has 0 amide bonds. The molecule has 0 spiro atoms. The molecule has 2 aromatic carbocycles. The second-order valence-electron chi connectivity index (χ2n) is 8.56. The molecule has 0 fully saturated rings. The third-order valence-electron chi connectivity index (χ3n) is 5.22. The third-order valence-corrected chi connectivity index (χ3v) is 5.62. The van der Waals surface area contributed by atoms with E-state index in [4.69, 9.17) is 4.89 Å². The van der Waals surface area contributed by atoms with Gasteiger partial charge in [0.25, 0.3) is 0 Å². The predicted molar refractivity (Wildman–Crippen MR) is 120 cm³/mol. The van der Waals surface area contributed by atoms with E-state index in [9.17, 15) is 8.96 Å². The SMILES string of the molecule is CC(C)(CCCCc1ccc(CNCCCO[P+](=O)O)cc1F)Cc1ccccc1. The molecule has 0 bridgehead atoms. The van der Waals surface area contributed by atoms with Gasteiger partial charge >= 0.3 is 8.25 Å². The summed E-state index contributed by atoms with van der Waals surface area (Å²) >= 11 is 0. The fourth-order valence-corrected chi connectivity index (χ4v) is 3.92. The summed E-state index contributed by atoms with van der Waals surface area (Å²) in [6, 6.07) is 16.0. The number of aryl methyl sites for hydroxylation is 1. The van der Waals surface area contributed by atoms with Gasteiger partial charge in [-0.3, -0.25) is 0 Å². The zero-order chi connectivity index (χ0) is 21.8. The Hall–Kier alpha value is -1.65. The summed E-state index contributed by atoms with van der Waals surface area (Å²) < 4.78 is 29.4. The van der Waals surface area contributed by atoms with Crippen LogP contribution in [0.15, 0.2) is 48.5 Å². The number of hydrogen-bond donors (Lipinski definition) is 2. The first-order valence-electron chi connectivity index (χ1n) is 10.7. The van der Waals surface area contributed by atoms with E-state index in [-0.39, 0.29) is 17.8 Å². The van der Waals surface area contributed by atoms with E-state index in [1.165, 1.54) is 5.56 Å². The van der Waals surface area contributed by atoms with Crippen LogP contribution in [0, 0.1) is 11.2 Å². The molecule has 1 atom stereocenters. The van der Waals surface area contributed by atoms with Crippen molar-refractivity contribution in [2.75, 3.05) is 13.2 Å². The molecule has 6 heteroatoms. The van der Waals surface area contributed by atoms with E-state index < -0.39 is 8.25 Å². The second-order valence-corrected chi connectivity index (χ2v) is 9.29. The molecule has 0 saturated heterocycles. The van der Waals surface area contributed by atoms with Gasteiger partial charge in [0.15, 0.2) is 0 Å². The van der Waals surface area contributed by atoms with E-state index in [1.807, 2.05) is 18.2 Å². The van der Waals surface area contributed by atoms with Crippen LogP contribution in [0.1, 0.15) is 56.2 Å². The summed E-state index contributed by atoms with van der Waals surface area (Å²) in [4.78, 5) is 8.55. The van der Waals surface area contributed by atoms with Crippen LogP contribution < -0.4 is 5.32 Å². The Kier molecular flexibility index (Phi) is 10.6. The standard InChI is InChI=1S/C24H33FNO3P/c1-24(2,18-20-9-4-3-5-10-20)14-7-6-11-22-13-12-21(17-23(22)25)19-26-15-8-16-29-30(27)28/h3-5,9-10,12-13,17,26H,6-8,11,14-16,18-19H2,1-2H3/p+1. The highest BCUT2D eigenvalue weighted by atomic mass is 31.1. The van der Waals surface area contributed by atoms with Gasteiger partial charge in [0.05, 0.1) is 0 Å². The Morgan fingerprint density at radius 3 is 2.53 bits per heavy atom. The van der Waals surface area contributed by atoms with Crippen molar-refractivity contribution in [3.63, 3.8) is 0 Å². The summed E-state index contributed by atoms with van der Waals surface area (Å²) in [6.07, 6.45) is 5.65. The summed E-state index contributed by atoms with van der Waals surface area (Å²) in [7, 11) is -2.53. The van der Waals surface area contributed by atoms with E-state index in [2.05, 4.69) is 48.0 Å². The molecule has 30 heavy (non-hydrogen) atoms. The summed E-state index contributed by atoms with van der Waals surface area (Å²) in [6.45, 7) is 6.05. The molecule has 1 unspecified atom stereocenters. The number of nitrogens with one attached hydrogen (secondary N) is 1. The van der Waals surface area contributed by atoms with Crippen molar-refractivity contribution >= 4 is 8.25 Å². The zero-order valence-electron chi connectivity index (χ0n) is 18.1. The van der Waals surface area contributed by atoms with E-state index in [0.29, 0.717) is 19.5 Å². The first kappa shape index (κ1) is 24.6. The minimum atomic E-state index is -2.53. The van der Waals surface area contributed by atoms with Gasteiger partial charge in [0.1, 0.15) is 12.4 Å². The highest BCUT2D eigenvalue weighted by molar-refractivity contribution is 7.32. The van der Waals surface area contributed by atoms with Crippen molar-refractivity contribution in [1.82, 2.24) is 5.32 Å². The van der Waals surface area contributed by atoms with Crippen molar-refractivity contribution in [2.45, 2.75) is 58.9 Å². The Labute approximate surface area is 180 Å². The fourth-order valence-electron chi connectivity index (χ4n) is 3.63. The molecule has 4 nitrogen and oxygen atoms in total. The van der Waals surface area contributed by atoms with Crippen LogP contribution in [0.5, 0.6) is 0 Å². The molecular formula is C24H34FNO3P+. The molecule has 164 valence electrons. The smallest absolute Gasteiger partial charge is 0.313 e. The molecule has 0 aromatic heterocycles. The van der Waals surface area contributed by atoms with Crippen molar-refractivity contribution in [3.05, 3.63) is 71.0 Å². The molecular weight excluding hydrogens is 400 g/mol. The van der Waals surface area contributed by atoms with Crippen LogP contribution in [0.25, 0.3) is 0 Å². The number of unbranched alkanes of at least 4 members (excludes halogenated alkanes) is 1. The van der Waals surface area contributed by atoms with Crippen LogP contribution in [0.3, 0.4) is 0 Å². The van der Waals surface area contributed by atoms with E-state index in [0.717, 1.165) is 43.2 Å². The second kappa shape index (κ2) is 12.9. The van der Waals surface area contributed by atoms with Gasteiger partial charge in [-0.25, -0.2) is 4.39 Å². The largest absolute Gasteiger partial charge is 0.694 e. The summed E-state index contributed by atoms with van der Waals surface area (Å²) in [5.41, 5.74) is 3.29. The summed E-state index contributed by atoms with van der Waals surface area (Å²) in [5.74, 6) is -0.140. The van der Waals surface area contributed by atoms with Crippen molar-refractivity contribution in [2.24, 2.45) is 5.41 Å². The Morgan fingerprint density at radius 2 is 1.83 bits per heavy atom. The predicted octanol–water partition coefficient (Wildman–Crippen LogP) is 5.95. The van der Waals surface area contributed by atoms with Gasteiger partial charge in [-0.15, -0.1) is 9.42 Å². The zero-order valence-corrected chi connectivity index (χ0v) is 19.0. The number of hydrogen-bond acceptors (Lipinski definition) is 3. The molecule has 0 aliphatic carbocycles. The normalized spacial score (nSPS) is 12.2. The third kappa shape index (κ3) is 9.90. The lowest BCUT2D eigenvalue weighted by molar-refractivity contribution is 0.276. The maximum atomic E-state index is 14.4. The lowest BCUT2D eigenvalue weighted by Crippen LogP contribution is -2.16. The van der Waals surface area contributed by atoms with Crippen molar-refractivity contribution in [1.29, 1.82) is 0 Å². The highest BCUT2D eigenvalue weighted by Crippen LogP contribution is 2.28. The summed E-state index contributed by atoms with van der Waals surface area (Å²) in [5, 5.41) is 3.19. The van der Waals surface area contributed by atoms with Gasteiger partial charge in [0.2, 0.25) is 0 Å². The molecule has 2 aromatic rings. The van der Waals surface area contributed by atoms with Crippen LogP contribution in [0.2, 0.25) is 0 Å². The van der Waals surface area contributed by atoms with Gasteiger partial charge in [-0.2, -0.15) is 0 Å². The minimum Gasteiger partial charge on any atom is -0.313 e. The van der Waals surface area contributed by atoms with Crippen LogP contribution in [0.4, 0.5) is 4.39 Å². The molecule has 0 heterocycles. The average Bonchev–Trinajstić information content (AvgIpc) is 2.69. The molecule has 2 rings (SSSR count). The minimum absolute atomic E-state index is 0.140. The lowest BCUT2D eigenvalue weighted by Gasteiger charge is -2.24. The maximum absolute atomic E-state index is 14.4. The van der Waals surface area contributed by atoms with Gasteiger partial charge in [-0.1, -0.05) is 62.7 Å².